The summed E-state index contributed by atoms with van der Waals surface area (Å²) in [4.78, 5) is 0. The molecule has 2 aliphatic carbocycles. The summed E-state index contributed by atoms with van der Waals surface area (Å²) in [5.41, 5.74) is 1.26. The lowest BCUT2D eigenvalue weighted by atomic mass is 9.71. The smallest absolute Gasteiger partial charge is 0.0716 e. The number of hydrogen-bond acceptors (Lipinski definition) is 1. The van der Waals surface area contributed by atoms with Gasteiger partial charge in [-0.1, -0.05) is 61.6 Å². The van der Waals surface area contributed by atoms with Crippen molar-refractivity contribution in [2.24, 2.45) is 35.5 Å². The van der Waals surface area contributed by atoms with Crippen LogP contribution >= 0.6 is 0 Å². The van der Waals surface area contributed by atoms with Crippen molar-refractivity contribution in [3.8, 4) is 0 Å². The number of allylic oxidation sites excluding steroid dienone is 4. The second kappa shape index (κ2) is 13.8. The van der Waals surface area contributed by atoms with Crippen LogP contribution in [0.1, 0.15) is 76.7 Å². The first-order valence-electron chi connectivity index (χ1n) is 13.2. The van der Waals surface area contributed by atoms with Gasteiger partial charge in [0.1, 0.15) is 0 Å². The number of ether oxygens (including phenoxy) is 1. The van der Waals surface area contributed by atoms with Gasteiger partial charge in [0.05, 0.1) is 6.61 Å². The average molecular weight is 435 g/mol. The van der Waals surface area contributed by atoms with Gasteiger partial charge in [-0.15, -0.1) is 13.2 Å². The van der Waals surface area contributed by atoms with Crippen LogP contribution in [0.25, 0.3) is 0 Å². The van der Waals surface area contributed by atoms with Crippen molar-refractivity contribution in [2.45, 2.75) is 77.7 Å². The fraction of sp³-hybridized carbons (Fsp3) is 0.613. The van der Waals surface area contributed by atoms with Gasteiger partial charge in [-0.25, -0.2) is 0 Å². The Bertz CT molecular complexity index is 674. The molecule has 0 N–H and O–H groups in total. The maximum Gasteiger partial charge on any atom is 0.0716 e. The molecule has 1 aromatic carbocycles. The lowest BCUT2D eigenvalue weighted by Gasteiger charge is -2.35. The maximum absolute atomic E-state index is 5.95. The third kappa shape index (κ3) is 8.07. The molecule has 1 nitrogen and oxygen atoms in total. The highest BCUT2D eigenvalue weighted by Gasteiger charge is 2.28. The summed E-state index contributed by atoms with van der Waals surface area (Å²) in [6, 6.07) is 10.5. The van der Waals surface area contributed by atoms with Crippen LogP contribution in [0.5, 0.6) is 0 Å². The summed E-state index contributed by atoms with van der Waals surface area (Å²) in [5, 5.41) is 0. The lowest BCUT2D eigenvalue weighted by Crippen LogP contribution is -2.25. The molecule has 176 valence electrons. The van der Waals surface area contributed by atoms with Crippen LogP contribution in [-0.4, -0.2) is 6.61 Å². The van der Waals surface area contributed by atoms with Gasteiger partial charge in [-0.3, -0.25) is 0 Å². The van der Waals surface area contributed by atoms with Crippen LogP contribution in [0.3, 0.4) is 0 Å². The Morgan fingerprint density at radius 3 is 2.12 bits per heavy atom. The third-order valence-corrected chi connectivity index (χ3v) is 8.29. The molecule has 0 heterocycles. The molecule has 0 aromatic heterocycles. The quantitative estimate of drug-likeness (QED) is 0.236. The predicted molar refractivity (Wildman–Crippen MR) is 138 cm³/mol. The molecule has 0 spiro atoms. The highest BCUT2D eigenvalue weighted by Crippen LogP contribution is 2.39. The lowest BCUT2D eigenvalue weighted by molar-refractivity contribution is 0.0962. The van der Waals surface area contributed by atoms with Crippen LogP contribution < -0.4 is 0 Å². The van der Waals surface area contributed by atoms with E-state index in [0.717, 1.165) is 36.7 Å². The van der Waals surface area contributed by atoms with Crippen molar-refractivity contribution in [1.29, 1.82) is 0 Å². The Morgan fingerprint density at radius 1 is 0.906 bits per heavy atom. The topological polar surface area (TPSA) is 9.23 Å². The molecule has 0 radical (unpaired) electrons. The minimum Gasteiger partial charge on any atom is -0.377 e. The Labute approximate surface area is 198 Å². The monoisotopic (exact) mass is 434 g/mol. The largest absolute Gasteiger partial charge is 0.377 e. The maximum atomic E-state index is 5.95. The fourth-order valence-electron chi connectivity index (χ4n) is 5.96. The van der Waals surface area contributed by atoms with E-state index in [1.165, 1.54) is 63.4 Å². The Kier molecular flexibility index (Phi) is 10.8. The van der Waals surface area contributed by atoms with E-state index in [0.29, 0.717) is 18.4 Å². The molecule has 2 fully saturated rings. The van der Waals surface area contributed by atoms with Crippen molar-refractivity contribution in [3.63, 3.8) is 0 Å². The third-order valence-electron chi connectivity index (χ3n) is 8.29. The summed E-state index contributed by atoms with van der Waals surface area (Å²) >= 11 is 0. The van der Waals surface area contributed by atoms with Gasteiger partial charge in [0.15, 0.2) is 0 Å². The summed E-state index contributed by atoms with van der Waals surface area (Å²) in [6.45, 7) is 12.1. The summed E-state index contributed by atoms with van der Waals surface area (Å²) in [6.07, 6.45) is 22.8. The molecular formula is C31H46O. The summed E-state index contributed by atoms with van der Waals surface area (Å²) < 4.78 is 5.95. The first-order chi connectivity index (χ1) is 15.7. The van der Waals surface area contributed by atoms with E-state index in [1.807, 2.05) is 0 Å². The van der Waals surface area contributed by atoms with Gasteiger partial charge in [0.25, 0.3) is 0 Å². The van der Waals surface area contributed by atoms with E-state index in [9.17, 15) is 0 Å². The van der Waals surface area contributed by atoms with Crippen molar-refractivity contribution < 1.29 is 4.74 Å². The minimum absolute atomic E-state index is 0.564. The standard InChI is InChI=1S/C31H46O/c1-4-9-26-12-14-27(15-13-26)16-17-28-18-20-31(21-19-28)25(3)30(5-2)22-23-32-24-29-10-7-6-8-11-29/h4-8,10-11,16-17,25-28,30-31H,1-2,9,12-15,18-24H2,3H3/b17-16+. The molecule has 0 aliphatic heterocycles. The van der Waals surface area contributed by atoms with E-state index in [2.05, 4.69) is 74.7 Å². The van der Waals surface area contributed by atoms with E-state index >= 15 is 0 Å². The van der Waals surface area contributed by atoms with E-state index in [4.69, 9.17) is 4.74 Å². The first-order valence-corrected chi connectivity index (χ1v) is 13.2. The molecule has 1 heteroatoms. The SMILES string of the molecule is C=CCC1CCC(/C=C/C2CCC(C(C)C(C=C)CCOCc3ccccc3)CC2)CC1. The molecule has 1 aromatic rings. The zero-order valence-electron chi connectivity index (χ0n) is 20.5. The molecule has 0 amide bonds. The second-order valence-corrected chi connectivity index (χ2v) is 10.5. The molecule has 2 aliphatic rings. The molecule has 32 heavy (non-hydrogen) atoms. The van der Waals surface area contributed by atoms with Crippen LogP contribution in [-0.2, 0) is 11.3 Å². The highest BCUT2D eigenvalue weighted by atomic mass is 16.5. The number of rotatable bonds is 12. The minimum atomic E-state index is 0.564. The van der Waals surface area contributed by atoms with Crippen molar-refractivity contribution >= 4 is 0 Å². The molecular weight excluding hydrogens is 388 g/mol. The molecule has 2 unspecified atom stereocenters. The zero-order valence-corrected chi connectivity index (χ0v) is 20.5. The molecule has 0 bridgehead atoms. The van der Waals surface area contributed by atoms with Crippen LogP contribution in [0.15, 0.2) is 67.8 Å². The molecule has 3 rings (SSSR count). The fourth-order valence-corrected chi connectivity index (χ4v) is 5.96. The molecule has 0 saturated heterocycles. The normalized spacial score (nSPS) is 28.3. The Hall–Kier alpha value is -1.60. The summed E-state index contributed by atoms with van der Waals surface area (Å²) in [5.74, 6) is 4.64. The van der Waals surface area contributed by atoms with E-state index in [1.54, 1.807) is 0 Å². The van der Waals surface area contributed by atoms with Crippen molar-refractivity contribution in [2.75, 3.05) is 6.61 Å². The van der Waals surface area contributed by atoms with Gasteiger partial charge < -0.3 is 4.74 Å². The van der Waals surface area contributed by atoms with Crippen LogP contribution in [0, 0.1) is 35.5 Å². The van der Waals surface area contributed by atoms with Crippen molar-refractivity contribution in [1.82, 2.24) is 0 Å². The first kappa shape index (κ1) is 25.0. The van der Waals surface area contributed by atoms with Gasteiger partial charge in [0, 0.05) is 6.61 Å². The average Bonchev–Trinajstić information content (AvgIpc) is 2.84. The van der Waals surface area contributed by atoms with Gasteiger partial charge in [-0.2, -0.15) is 0 Å². The predicted octanol–water partition coefficient (Wildman–Crippen LogP) is 8.78. The van der Waals surface area contributed by atoms with Gasteiger partial charge in [-0.05, 0) is 105 Å². The summed E-state index contributed by atoms with van der Waals surface area (Å²) in [7, 11) is 0. The van der Waals surface area contributed by atoms with Crippen LogP contribution in [0.4, 0.5) is 0 Å². The highest BCUT2D eigenvalue weighted by molar-refractivity contribution is 5.13. The second-order valence-electron chi connectivity index (χ2n) is 10.5. The Morgan fingerprint density at radius 2 is 1.53 bits per heavy atom. The van der Waals surface area contributed by atoms with Crippen LogP contribution in [0.2, 0.25) is 0 Å². The van der Waals surface area contributed by atoms with E-state index < -0.39 is 0 Å². The molecule has 2 saturated carbocycles. The van der Waals surface area contributed by atoms with Gasteiger partial charge in [0.2, 0.25) is 0 Å². The van der Waals surface area contributed by atoms with Crippen molar-refractivity contribution in [3.05, 3.63) is 73.4 Å². The van der Waals surface area contributed by atoms with Gasteiger partial charge >= 0.3 is 0 Å². The van der Waals surface area contributed by atoms with E-state index in [-0.39, 0.29) is 0 Å². The number of hydrogen-bond donors (Lipinski definition) is 0. The zero-order chi connectivity index (χ0) is 22.6. The molecule has 2 atom stereocenters. The number of benzene rings is 1. The Balaban J connectivity index is 1.34.